The molecule has 9 heteroatoms. The Kier molecular flexibility index (Phi) is 6.09. The van der Waals surface area contributed by atoms with Gasteiger partial charge in [-0.1, -0.05) is 27.5 Å². The predicted molar refractivity (Wildman–Crippen MR) is 102 cm³/mol. The second kappa shape index (κ2) is 7.53. The van der Waals surface area contributed by atoms with Crippen LogP contribution in [0.5, 0.6) is 0 Å². The average molecular weight is 497 g/mol. The molecular weight excluding hydrogens is 484 g/mol. The quantitative estimate of drug-likeness (QED) is 0.684. The summed E-state index contributed by atoms with van der Waals surface area (Å²) in [6, 6.07) is 9.42. The van der Waals surface area contributed by atoms with Gasteiger partial charge in [-0.2, -0.15) is 0 Å². The summed E-state index contributed by atoms with van der Waals surface area (Å²) in [6.07, 6.45) is 0. The molecule has 0 aromatic heterocycles. The van der Waals surface area contributed by atoms with Gasteiger partial charge in [0.15, 0.2) is 0 Å². The number of hydrogen-bond donors (Lipinski definition) is 1. The number of sulfonamides is 1. The van der Waals surface area contributed by atoms with Crippen LogP contribution in [0.15, 0.2) is 50.2 Å². The molecule has 0 heterocycles. The van der Waals surface area contributed by atoms with Crippen LogP contribution in [0.1, 0.15) is 10.4 Å². The van der Waals surface area contributed by atoms with Crippen LogP contribution in [-0.2, 0) is 10.0 Å². The first kappa shape index (κ1) is 19.4. The molecule has 0 radical (unpaired) electrons. The van der Waals surface area contributed by atoms with Gasteiger partial charge >= 0.3 is 0 Å². The van der Waals surface area contributed by atoms with Crippen molar-refractivity contribution in [1.29, 1.82) is 0 Å². The lowest BCUT2D eigenvalue weighted by atomic mass is 10.2. The van der Waals surface area contributed by atoms with E-state index in [0.717, 1.165) is 8.78 Å². The summed E-state index contributed by atoms with van der Waals surface area (Å²) in [5.41, 5.74) is 0.641. The molecule has 2 rings (SSSR count). The van der Waals surface area contributed by atoms with Gasteiger partial charge in [-0.15, -0.1) is 0 Å². The summed E-state index contributed by atoms with van der Waals surface area (Å²) in [6.45, 7) is 0. The summed E-state index contributed by atoms with van der Waals surface area (Å²) in [5, 5.41) is 3.04. The van der Waals surface area contributed by atoms with Gasteiger partial charge in [-0.25, -0.2) is 12.7 Å². The predicted octanol–water partition coefficient (Wildman–Crippen LogP) is 4.37. The number of nitrogens with zero attached hydrogens (tertiary/aromatic N) is 1. The van der Waals surface area contributed by atoms with Crippen LogP contribution in [0, 0.1) is 0 Å². The summed E-state index contributed by atoms with van der Waals surface area (Å²) < 4.78 is 26.9. The number of amides is 1. The molecule has 0 fully saturated rings. The van der Waals surface area contributed by atoms with Crippen molar-refractivity contribution < 1.29 is 13.2 Å². The second-order valence-electron chi connectivity index (χ2n) is 5.01. The minimum atomic E-state index is -3.68. The van der Waals surface area contributed by atoms with Crippen molar-refractivity contribution in [3.8, 4) is 0 Å². The third-order valence-corrected chi connectivity index (χ3v) is 6.75. The van der Waals surface area contributed by atoms with Gasteiger partial charge in [0.2, 0.25) is 10.0 Å². The molecule has 0 saturated heterocycles. The topological polar surface area (TPSA) is 66.5 Å². The first-order valence-electron chi connectivity index (χ1n) is 6.61. The zero-order chi connectivity index (χ0) is 18.1. The molecule has 1 amide bonds. The number of halogens is 3. The Morgan fingerprint density at radius 1 is 1.12 bits per heavy atom. The second-order valence-corrected chi connectivity index (χ2v) is 9.31. The van der Waals surface area contributed by atoms with Crippen LogP contribution < -0.4 is 5.32 Å². The molecule has 2 aromatic rings. The smallest absolute Gasteiger partial charge is 0.255 e. The lowest BCUT2D eigenvalue weighted by Crippen LogP contribution is -2.23. The van der Waals surface area contributed by atoms with Gasteiger partial charge < -0.3 is 5.32 Å². The van der Waals surface area contributed by atoms with Crippen molar-refractivity contribution in [3.05, 3.63) is 55.9 Å². The van der Waals surface area contributed by atoms with E-state index in [4.69, 9.17) is 11.6 Å². The Morgan fingerprint density at radius 3 is 2.38 bits per heavy atom. The highest BCUT2D eigenvalue weighted by Crippen LogP contribution is 2.28. The van der Waals surface area contributed by atoms with E-state index in [1.165, 1.54) is 32.3 Å². The maximum Gasteiger partial charge on any atom is 0.255 e. The highest BCUT2D eigenvalue weighted by Gasteiger charge is 2.22. The normalized spacial score (nSPS) is 11.6. The average Bonchev–Trinajstić information content (AvgIpc) is 2.50. The van der Waals surface area contributed by atoms with Gasteiger partial charge in [0.25, 0.3) is 5.91 Å². The van der Waals surface area contributed by atoms with E-state index >= 15 is 0 Å². The molecule has 0 bridgehead atoms. The van der Waals surface area contributed by atoms with Crippen molar-refractivity contribution in [2.75, 3.05) is 19.4 Å². The summed E-state index contributed by atoms with van der Waals surface area (Å²) in [5.74, 6) is -0.457. The number of carbonyl (C=O) groups is 1. The van der Waals surface area contributed by atoms with Crippen molar-refractivity contribution in [2.24, 2.45) is 0 Å². The van der Waals surface area contributed by atoms with Crippen LogP contribution in [0.3, 0.4) is 0 Å². The molecule has 0 aliphatic heterocycles. The Balaban J connectivity index is 2.37. The van der Waals surface area contributed by atoms with Gasteiger partial charge in [0, 0.05) is 28.6 Å². The molecule has 0 unspecified atom stereocenters. The lowest BCUT2D eigenvalue weighted by Gasteiger charge is -2.14. The number of benzene rings is 2. The zero-order valence-electron chi connectivity index (χ0n) is 12.7. The highest BCUT2D eigenvalue weighted by molar-refractivity contribution is 9.10. The molecule has 1 N–H and O–H groups in total. The Bertz CT molecular complexity index is 902. The van der Waals surface area contributed by atoms with Crippen molar-refractivity contribution in [1.82, 2.24) is 4.31 Å². The molecule has 5 nitrogen and oxygen atoms in total. The van der Waals surface area contributed by atoms with Crippen LogP contribution in [-0.4, -0.2) is 32.7 Å². The summed E-state index contributed by atoms with van der Waals surface area (Å²) in [4.78, 5) is 12.4. The molecule has 0 saturated carbocycles. The molecule has 0 aliphatic rings. The zero-order valence-corrected chi connectivity index (χ0v) is 17.4. The highest BCUT2D eigenvalue weighted by atomic mass is 79.9. The van der Waals surface area contributed by atoms with Gasteiger partial charge in [-0.05, 0) is 52.3 Å². The van der Waals surface area contributed by atoms with E-state index in [1.54, 1.807) is 18.2 Å². The number of carbonyl (C=O) groups excluding carboxylic acids is 1. The van der Waals surface area contributed by atoms with Gasteiger partial charge in [-0.3, -0.25) is 4.79 Å². The molecule has 0 spiro atoms. The van der Waals surface area contributed by atoms with Crippen molar-refractivity contribution in [3.63, 3.8) is 0 Å². The summed E-state index contributed by atoms with van der Waals surface area (Å²) >= 11 is 12.6. The van der Waals surface area contributed by atoms with Gasteiger partial charge in [0.1, 0.15) is 0 Å². The van der Waals surface area contributed by atoms with E-state index in [-0.39, 0.29) is 10.5 Å². The number of rotatable bonds is 4. The molecule has 2 aromatic carbocycles. The van der Waals surface area contributed by atoms with Crippen molar-refractivity contribution >= 4 is 65.1 Å². The van der Waals surface area contributed by atoms with E-state index in [2.05, 4.69) is 37.2 Å². The molecular formula is C15H13Br2ClN2O3S. The fourth-order valence-electron chi connectivity index (χ4n) is 1.82. The van der Waals surface area contributed by atoms with E-state index in [0.29, 0.717) is 15.2 Å². The first-order valence-corrected chi connectivity index (χ1v) is 10.0. The standard InChI is InChI=1S/C15H13Br2ClN2O3S/c1-20(2)24(22,23)14-7-9(3-5-11(14)17)15(21)19-13-6-4-10(16)8-12(13)18/h3-8H,1-2H3,(H,19,21). The van der Waals surface area contributed by atoms with Crippen LogP contribution in [0.25, 0.3) is 0 Å². The summed E-state index contributed by atoms with van der Waals surface area (Å²) in [7, 11) is -0.823. The first-order chi connectivity index (χ1) is 11.1. The van der Waals surface area contributed by atoms with Gasteiger partial charge in [0.05, 0.1) is 15.6 Å². The maximum absolute atomic E-state index is 12.4. The van der Waals surface area contributed by atoms with Crippen LogP contribution in [0.4, 0.5) is 5.69 Å². The number of nitrogens with one attached hydrogen (secondary N) is 1. The third-order valence-electron chi connectivity index (χ3n) is 3.13. The molecule has 0 aliphatic carbocycles. The molecule has 0 atom stereocenters. The Morgan fingerprint density at radius 2 is 1.79 bits per heavy atom. The maximum atomic E-state index is 12.4. The van der Waals surface area contributed by atoms with E-state index in [9.17, 15) is 13.2 Å². The minimum Gasteiger partial charge on any atom is -0.321 e. The van der Waals surface area contributed by atoms with Crippen LogP contribution >= 0.6 is 43.5 Å². The monoisotopic (exact) mass is 494 g/mol. The third kappa shape index (κ3) is 4.18. The number of anilines is 1. The van der Waals surface area contributed by atoms with Crippen LogP contribution in [0.2, 0.25) is 5.02 Å². The fraction of sp³-hybridized carbons (Fsp3) is 0.133. The lowest BCUT2D eigenvalue weighted by molar-refractivity contribution is 0.102. The van der Waals surface area contributed by atoms with Crippen molar-refractivity contribution in [2.45, 2.75) is 4.90 Å². The molecule has 128 valence electrons. The van der Waals surface area contributed by atoms with E-state index in [1.807, 2.05) is 0 Å². The molecule has 24 heavy (non-hydrogen) atoms. The fourth-order valence-corrected chi connectivity index (χ4v) is 4.39. The number of hydrogen-bond acceptors (Lipinski definition) is 3. The SMILES string of the molecule is CN(C)S(=O)(=O)c1cc(C(=O)Nc2ccc(Br)cc2Cl)ccc1Br. The Labute approximate surface area is 162 Å². The minimum absolute atomic E-state index is 0.0158. The Hall–Kier alpha value is -0.930. The largest absolute Gasteiger partial charge is 0.321 e. The van der Waals surface area contributed by atoms with E-state index < -0.39 is 15.9 Å².